The van der Waals surface area contributed by atoms with Crippen molar-refractivity contribution in [3.63, 3.8) is 0 Å². The van der Waals surface area contributed by atoms with Gasteiger partial charge in [0.2, 0.25) is 0 Å². The number of aromatic nitrogens is 1. The highest BCUT2D eigenvalue weighted by Crippen LogP contribution is 2.41. The van der Waals surface area contributed by atoms with Gasteiger partial charge in [-0.1, -0.05) is 24.8 Å². The lowest BCUT2D eigenvalue weighted by Crippen LogP contribution is -2.35. The van der Waals surface area contributed by atoms with Crippen molar-refractivity contribution in [2.24, 2.45) is 0 Å². The molecule has 0 aliphatic carbocycles. The van der Waals surface area contributed by atoms with Gasteiger partial charge in [0.1, 0.15) is 18.1 Å². The van der Waals surface area contributed by atoms with Crippen LogP contribution in [0.5, 0.6) is 5.75 Å². The summed E-state index contributed by atoms with van der Waals surface area (Å²) in [4.78, 5) is 32.9. The molecule has 1 aromatic heterocycles. The second-order valence-electron chi connectivity index (χ2n) is 8.34. The number of H-pyrrole nitrogens is 1. The van der Waals surface area contributed by atoms with Crippen LogP contribution in [-0.4, -0.2) is 65.4 Å². The average molecular weight is 438 g/mol. The second kappa shape index (κ2) is 9.44. The first-order chi connectivity index (χ1) is 15.2. The van der Waals surface area contributed by atoms with Crippen LogP contribution in [-0.2, 0) is 9.59 Å². The molecule has 1 amide bonds. The molecule has 1 saturated heterocycles. The van der Waals surface area contributed by atoms with Crippen LogP contribution in [0.15, 0.2) is 42.5 Å². The molecular formula is C25H31N3O4. The van der Waals surface area contributed by atoms with Gasteiger partial charge >= 0.3 is 0 Å². The molecule has 1 aliphatic rings. The summed E-state index contributed by atoms with van der Waals surface area (Å²) in [5, 5.41) is 11.3. The summed E-state index contributed by atoms with van der Waals surface area (Å²) >= 11 is 0. The Morgan fingerprint density at radius 2 is 1.97 bits per heavy atom. The summed E-state index contributed by atoms with van der Waals surface area (Å²) in [7, 11) is 3.81. The van der Waals surface area contributed by atoms with Crippen molar-refractivity contribution in [3.8, 4) is 5.75 Å². The Morgan fingerprint density at radius 3 is 2.56 bits per heavy atom. The van der Waals surface area contributed by atoms with Gasteiger partial charge in [0.15, 0.2) is 0 Å². The number of benzene rings is 1. The molecule has 2 aromatic rings. The van der Waals surface area contributed by atoms with E-state index in [4.69, 9.17) is 4.74 Å². The van der Waals surface area contributed by atoms with E-state index in [1.807, 2.05) is 58.0 Å². The van der Waals surface area contributed by atoms with Crippen LogP contribution in [0.2, 0.25) is 0 Å². The van der Waals surface area contributed by atoms with Gasteiger partial charge in [-0.3, -0.25) is 9.59 Å². The average Bonchev–Trinajstić information content (AvgIpc) is 3.16. The number of Topliss-reactive ketones (excluding diaryl/α,β-unsaturated/α-hetero) is 1. The first-order valence-electron chi connectivity index (χ1n) is 10.6. The predicted molar refractivity (Wildman–Crippen MR) is 125 cm³/mol. The monoisotopic (exact) mass is 437 g/mol. The van der Waals surface area contributed by atoms with E-state index in [0.717, 1.165) is 17.0 Å². The van der Waals surface area contributed by atoms with Crippen molar-refractivity contribution in [1.82, 2.24) is 14.8 Å². The molecule has 0 radical (unpaired) electrons. The Hall–Kier alpha value is -3.32. The summed E-state index contributed by atoms with van der Waals surface area (Å²) < 4.78 is 5.67. The topological polar surface area (TPSA) is 85.9 Å². The third-order valence-corrected chi connectivity index (χ3v) is 5.79. The number of nitrogens with zero attached hydrogens (tertiary/aromatic N) is 2. The van der Waals surface area contributed by atoms with E-state index in [0.29, 0.717) is 36.6 Å². The van der Waals surface area contributed by atoms with Crippen LogP contribution in [0.3, 0.4) is 0 Å². The number of carbonyl (C=O) groups is 2. The van der Waals surface area contributed by atoms with E-state index in [-0.39, 0.29) is 11.3 Å². The molecule has 0 saturated carbocycles. The smallest absolute Gasteiger partial charge is 0.295 e. The van der Waals surface area contributed by atoms with Crippen LogP contribution in [0, 0.1) is 20.8 Å². The van der Waals surface area contributed by atoms with Crippen LogP contribution in [0.25, 0.3) is 5.76 Å². The summed E-state index contributed by atoms with van der Waals surface area (Å²) in [5.41, 5.74) is 3.87. The maximum Gasteiger partial charge on any atom is 0.295 e. The number of carbonyl (C=O) groups excluding carboxylic acids is 2. The number of aliphatic hydroxyl groups is 1. The lowest BCUT2D eigenvalue weighted by atomic mass is 9.94. The molecule has 0 spiro atoms. The Labute approximate surface area is 189 Å². The maximum absolute atomic E-state index is 13.2. The largest absolute Gasteiger partial charge is 0.507 e. The number of aryl methyl sites for hydroxylation is 2. The number of likely N-dealkylation sites (tertiary alicyclic amines) is 1. The van der Waals surface area contributed by atoms with Crippen LogP contribution in [0.4, 0.5) is 0 Å². The predicted octanol–water partition coefficient (Wildman–Crippen LogP) is 3.49. The number of rotatable bonds is 8. The number of hydrogen-bond donors (Lipinski definition) is 2. The standard InChI is InChI=1S/C25H31N3O4/c1-7-13-32-19-10-8-9-18(14-19)22-21(23(29)20-15(2)16(3)26-17(20)4)24(30)25(31)28(22)12-11-27(5)6/h7-10,14,22,26,29H,1,11-13H2,2-6H3/b23-21+. The molecular weight excluding hydrogens is 406 g/mol. The lowest BCUT2D eigenvalue weighted by Gasteiger charge is -2.27. The third kappa shape index (κ3) is 4.34. The van der Waals surface area contributed by atoms with Crippen molar-refractivity contribution in [1.29, 1.82) is 0 Å². The number of likely N-dealkylation sites (N-methyl/N-ethyl adjacent to an activating group) is 1. The first-order valence-corrected chi connectivity index (χ1v) is 10.6. The van der Waals surface area contributed by atoms with Crippen molar-refractivity contribution in [2.75, 3.05) is 33.8 Å². The highest BCUT2D eigenvalue weighted by Gasteiger charge is 2.46. The molecule has 2 N–H and O–H groups in total. The second-order valence-corrected chi connectivity index (χ2v) is 8.34. The number of amides is 1. The molecule has 1 aliphatic heterocycles. The van der Waals surface area contributed by atoms with Gasteiger partial charge in [0.25, 0.3) is 11.7 Å². The molecule has 0 bridgehead atoms. The van der Waals surface area contributed by atoms with Crippen molar-refractivity contribution >= 4 is 17.4 Å². The molecule has 2 heterocycles. The molecule has 1 unspecified atom stereocenters. The fourth-order valence-electron chi connectivity index (χ4n) is 4.09. The molecule has 170 valence electrons. The zero-order valence-corrected chi connectivity index (χ0v) is 19.4. The van der Waals surface area contributed by atoms with Crippen molar-refractivity contribution in [3.05, 3.63) is 70.6 Å². The van der Waals surface area contributed by atoms with Crippen LogP contribution < -0.4 is 4.74 Å². The van der Waals surface area contributed by atoms with E-state index in [2.05, 4.69) is 11.6 Å². The third-order valence-electron chi connectivity index (χ3n) is 5.79. The zero-order chi connectivity index (χ0) is 23.6. The molecule has 1 aromatic carbocycles. The van der Waals surface area contributed by atoms with Crippen molar-refractivity contribution in [2.45, 2.75) is 26.8 Å². The molecule has 3 rings (SSSR count). The Morgan fingerprint density at radius 1 is 1.25 bits per heavy atom. The molecule has 7 nitrogen and oxygen atoms in total. The minimum atomic E-state index is -0.712. The van der Waals surface area contributed by atoms with Crippen molar-refractivity contribution < 1.29 is 19.4 Å². The van der Waals surface area contributed by atoms with Crippen LogP contribution >= 0.6 is 0 Å². The quantitative estimate of drug-likeness (QED) is 0.286. The van der Waals surface area contributed by atoms with E-state index >= 15 is 0 Å². The minimum absolute atomic E-state index is 0.0971. The number of ketones is 1. The summed E-state index contributed by atoms with van der Waals surface area (Å²) in [5.74, 6) is -0.845. The zero-order valence-electron chi connectivity index (χ0n) is 19.4. The normalized spacial score (nSPS) is 17.9. The molecule has 1 atom stereocenters. The van der Waals surface area contributed by atoms with Gasteiger partial charge in [-0.25, -0.2) is 0 Å². The Kier molecular flexibility index (Phi) is 6.89. The molecule has 1 fully saturated rings. The van der Waals surface area contributed by atoms with E-state index in [1.165, 1.54) is 4.90 Å². The number of hydrogen-bond acceptors (Lipinski definition) is 5. The Balaban J connectivity index is 2.19. The van der Waals surface area contributed by atoms with E-state index < -0.39 is 17.7 Å². The fourth-order valence-corrected chi connectivity index (χ4v) is 4.09. The van der Waals surface area contributed by atoms with Gasteiger partial charge in [0, 0.05) is 30.0 Å². The van der Waals surface area contributed by atoms with Gasteiger partial charge in [-0.2, -0.15) is 0 Å². The summed E-state index contributed by atoms with van der Waals surface area (Å²) in [6, 6.07) is 6.56. The summed E-state index contributed by atoms with van der Waals surface area (Å²) in [6.07, 6.45) is 1.65. The van der Waals surface area contributed by atoms with Crippen LogP contribution in [0.1, 0.15) is 34.1 Å². The SMILES string of the molecule is C=CCOc1cccc(C2/C(=C(\O)c3c(C)[nH]c(C)c3C)C(=O)C(=O)N2CCN(C)C)c1. The van der Waals surface area contributed by atoms with Gasteiger partial charge < -0.3 is 24.6 Å². The Bertz CT molecular complexity index is 1080. The van der Waals surface area contributed by atoms with E-state index in [9.17, 15) is 14.7 Å². The van der Waals surface area contributed by atoms with E-state index in [1.54, 1.807) is 12.1 Å². The molecule has 32 heavy (non-hydrogen) atoms. The van der Waals surface area contributed by atoms with Gasteiger partial charge in [-0.05, 0) is 58.1 Å². The van der Waals surface area contributed by atoms with Gasteiger partial charge in [0.05, 0.1) is 11.6 Å². The summed E-state index contributed by atoms with van der Waals surface area (Å²) in [6.45, 7) is 10.6. The maximum atomic E-state index is 13.2. The number of aliphatic hydroxyl groups excluding tert-OH is 1. The highest BCUT2D eigenvalue weighted by molar-refractivity contribution is 6.46. The minimum Gasteiger partial charge on any atom is -0.507 e. The lowest BCUT2D eigenvalue weighted by molar-refractivity contribution is -0.140. The highest BCUT2D eigenvalue weighted by atomic mass is 16.5. The van der Waals surface area contributed by atoms with Gasteiger partial charge in [-0.15, -0.1) is 0 Å². The fraction of sp³-hybridized carbons (Fsp3) is 0.360. The molecule has 7 heteroatoms. The number of aromatic amines is 1. The number of ether oxygens (including phenoxy) is 1. The number of nitrogens with one attached hydrogen (secondary N) is 1. The first kappa shape index (κ1) is 23.3.